The molecule has 1 rings (SSSR count). The number of nitrogens with zero attached hydrogens (tertiary/aromatic N) is 2. The molecule has 26 heavy (non-hydrogen) atoms. The predicted octanol–water partition coefficient (Wildman–Crippen LogP) is 1.27. The molecule has 0 aliphatic carbocycles. The Morgan fingerprint density at radius 3 is 2.19 bits per heavy atom. The second-order valence-electron chi connectivity index (χ2n) is 7.30. The second kappa shape index (κ2) is 11.2. The van der Waals surface area contributed by atoms with Gasteiger partial charge in [0.2, 0.25) is 17.7 Å². The Bertz CT molecular complexity index is 469. The van der Waals surface area contributed by atoms with Crippen molar-refractivity contribution in [3.05, 3.63) is 0 Å². The van der Waals surface area contributed by atoms with Gasteiger partial charge in [-0.25, -0.2) is 0 Å². The highest BCUT2D eigenvalue weighted by Crippen LogP contribution is 2.23. The minimum atomic E-state index is -0.513. The van der Waals surface area contributed by atoms with E-state index in [1.807, 2.05) is 27.7 Å². The van der Waals surface area contributed by atoms with E-state index in [0.29, 0.717) is 45.4 Å². The molecule has 0 aromatic carbocycles. The highest BCUT2D eigenvalue weighted by atomic mass is 16.5. The van der Waals surface area contributed by atoms with Gasteiger partial charge < -0.3 is 19.9 Å². The molecule has 1 fully saturated rings. The van der Waals surface area contributed by atoms with Gasteiger partial charge in [0.25, 0.3) is 0 Å². The molecule has 0 aromatic rings. The summed E-state index contributed by atoms with van der Waals surface area (Å²) in [5.74, 6) is 0.164. The van der Waals surface area contributed by atoms with Gasteiger partial charge in [0.1, 0.15) is 12.6 Å². The van der Waals surface area contributed by atoms with Crippen LogP contribution in [0.25, 0.3) is 0 Å². The van der Waals surface area contributed by atoms with Crippen LogP contribution in [0.15, 0.2) is 0 Å². The number of hydrogen-bond donors (Lipinski definition) is 1. The quantitative estimate of drug-likeness (QED) is 0.664. The Kier molecular flexibility index (Phi) is 9.62. The normalized spacial score (nSPS) is 16.5. The van der Waals surface area contributed by atoms with Crippen LogP contribution < -0.4 is 5.32 Å². The maximum Gasteiger partial charge on any atom is 0.248 e. The van der Waals surface area contributed by atoms with Crippen LogP contribution in [-0.4, -0.2) is 73.5 Å². The average molecular weight is 370 g/mol. The van der Waals surface area contributed by atoms with E-state index in [1.54, 1.807) is 9.80 Å². The highest BCUT2D eigenvalue weighted by Gasteiger charge is 2.35. The smallest absolute Gasteiger partial charge is 0.248 e. The van der Waals surface area contributed by atoms with E-state index in [-0.39, 0.29) is 36.2 Å². The van der Waals surface area contributed by atoms with Crippen LogP contribution in [-0.2, 0) is 19.1 Å². The molecule has 0 bridgehead atoms. The lowest BCUT2D eigenvalue weighted by Gasteiger charge is -2.37. The Balaban J connectivity index is 2.80. The van der Waals surface area contributed by atoms with E-state index in [1.165, 1.54) is 7.11 Å². The molecule has 7 heteroatoms. The van der Waals surface area contributed by atoms with Crippen molar-refractivity contribution in [3.63, 3.8) is 0 Å². The summed E-state index contributed by atoms with van der Waals surface area (Å²) >= 11 is 0. The topological polar surface area (TPSA) is 79.0 Å². The van der Waals surface area contributed by atoms with Gasteiger partial charge in [-0.2, -0.15) is 0 Å². The minimum absolute atomic E-state index is 0.0197. The molecule has 0 aromatic heterocycles. The predicted molar refractivity (Wildman–Crippen MR) is 100 cm³/mol. The van der Waals surface area contributed by atoms with Gasteiger partial charge in [-0.1, -0.05) is 13.8 Å². The van der Waals surface area contributed by atoms with Crippen LogP contribution in [0.2, 0.25) is 0 Å². The summed E-state index contributed by atoms with van der Waals surface area (Å²) in [7, 11) is 1.51. The average Bonchev–Trinajstić information content (AvgIpc) is 2.60. The molecule has 1 atom stereocenters. The number of likely N-dealkylation sites (tertiary alicyclic amines) is 1. The fourth-order valence-electron chi connectivity index (χ4n) is 3.41. The van der Waals surface area contributed by atoms with Crippen LogP contribution in [0.1, 0.15) is 47.0 Å². The summed E-state index contributed by atoms with van der Waals surface area (Å²) in [6.45, 7) is 10.4. The van der Waals surface area contributed by atoms with Crippen LogP contribution >= 0.6 is 0 Å². The number of rotatable bonds is 9. The zero-order valence-corrected chi connectivity index (χ0v) is 16.9. The molecule has 1 N–H and O–H groups in total. The number of hydrogen-bond acceptors (Lipinski definition) is 4. The first kappa shape index (κ1) is 22.4. The van der Waals surface area contributed by atoms with Crippen LogP contribution in [0, 0.1) is 11.8 Å². The van der Waals surface area contributed by atoms with E-state index in [4.69, 9.17) is 4.74 Å². The van der Waals surface area contributed by atoms with Gasteiger partial charge in [0.15, 0.2) is 0 Å². The van der Waals surface area contributed by atoms with Gasteiger partial charge in [0, 0.05) is 39.7 Å². The van der Waals surface area contributed by atoms with Crippen molar-refractivity contribution in [2.75, 3.05) is 39.9 Å². The third-order valence-electron chi connectivity index (χ3n) is 4.88. The molecule has 7 nitrogen and oxygen atoms in total. The lowest BCUT2D eigenvalue weighted by atomic mass is 9.88. The molecule has 1 aliphatic heterocycles. The molecular formula is C19H35N3O4. The van der Waals surface area contributed by atoms with Gasteiger partial charge >= 0.3 is 0 Å². The Morgan fingerprint density at radius 2 is 1.73 bits per heavy atom. The molecule has 0 radical (unpaired) electrons. The first-order valence-corrected chi connectivity index (χ1v) is 9.68. The van der Waals surface area contributed by atoms with Crippen LogP contribution in [0.5, 0.6) is 0 Å². The molecule has 1 heterocycles. The van der Waals surface area contributed by atoms with Crippen molar-refractivity contribution < 1.29 is 19.1 Å². The largest absolute Gasteiger partial charge is 0.375 e. The lowest BCUT2D eigenvalue weighted by molar-refractivity contribution is -0.140. The van der Waals surface area contributed by atoms with E-state index in [2.05, 4.69) is 5.32 Å². The maximum absolute atomic E-state index is 13.0. The van der Waals surface area contributed by atoms with Crippen LogP contribution in [0.4, 0.5) is 0 Å². The number of methoxy groups -OCH3 is 1. The number of piperidine rings is 1. The number of ether oxygens (including phenoxy) is 1. The van der Waals surface area contributed by atoms with Crippen molar-refractivity contribution in [1.82, 2.24) is 15.1 Å². The van der Waals surface area contributed by atoms with Crippen molar-refractivity contribution in [2.45, 2.75) is 53.0 Å². The number of carbonyl (C=O) groups excluding carboxylic acids is 3. The highest BCUT2D eigenvalue weighted by molar-refractivity contribution is 5.88. The monoisotopic (exact) mass is 369 g/mol. The Labute approximate surface area is 157 Å². The van der Waals surface area contributed by atoms with Gasteiger partial charge in [-0.05, 0) is 38.5 Å². The van der Waals surface area contributed by atoms with Gasteiger partial charge in [0.05, 0.1) is 0 Å². The summed E-state index contributed by atoms with van der Waals surface area (Å²) in [5.41, 5.74) is 0. The number of likely N-dealkylation sites (N-methyl/N-ethyl adjacent to an activating group) is 1. The Hall–Kier alpha value is -1.63. The summed E-state index contributed by atoms with van der Waals surface area (Å²) < 4.78 is 4.91. The number of amides is 3. The third-order valence-corrected chi connectivity index (χ3v) is 4.88. The summed E-state index contributed by atoms with van der Waals surface area (Å²) in [6, 6.07) is -0.513. The fourth-order valence-corrected chi connectivity index (χ4v) is 3.41. The maximum atomic E-state index is 13.0. The lowest BCUT2D eigenvalue weighted by Crippen LogP contribution is -2.55. The summed E-state index contributed by atoms with van der Waals surface area (Å²) in [6.07, 6.45) is 1.82. The number of nitrogens with one attached hydrogen (secondary N) is 1. The SMILES string of the molecule is CCN(CC)C(=O)[C@H](NC(=O)CC(C)C)C1CCN(C(=O)COC)CC1. The van der Waals surface area contributed by atoms with Gasteiger partial charge in [-0.3, -0.25) is 14.4 Å². The van der Waals surface area contributed by atoms with E-state index >= 15 is 0 Å². The first-order chi connectivity index (χ1) is 12.3. The molecule has 0 saturated carbocycles. The van der Waals surface area contributed by atoms with Gasteiger partial charge in [-0.15, -0.1) is 0 Å². The van der Waals surface area contributed by atoms with Crippen molar-refractivity contribution in [3.8, 4) is 0 Å². The molecular weight excluding hydrogens is 334 g/mol. The summed E-state index contributed by atoms with van der Waals surface area (Å²) in [4.78, 5) is 40.8. The molecule has 150 valence electrons. The first-order valence-electron chi connectivity index (χ1n) is 9.68. The molecule has 0 spiro atoms. The Morgan fingerprint density at radius 1 is 1.15 bits per heavy atom. The number of carbonyl (C=O) groups is 3. The standard InChI is InChI=1S/C19H35N3O4/c1-6-21(7-2)19(25)18(20-16(23)12-14(3)4)15-8-10-22(11-9-15)17(24)13-26-5/h14-15,18H,6-13H2,1-5H3,(H,20,23)/t18-/m1/s1. The zero-order chi connectivity index (χ0) is 19.7. The molecule has 1 aliphatic rings. The second-order valence-corrected chi connectivity index (χ2v) is 7.30. The van der Waals surface area contributed by atoms with Crippen molar-refractivity contribution in [1.29, 1.82) is 0 Å². The van der Waals surface area contributed by atoms with E-state index in [0.717, 1.165) is 0 Å². The van der Waals surface area contributed by atoms with Crippen molar-refractivity contribution in [2.24, 2.45) is 11.8 Å². The minimum Gasteiger partial charge on any atom is -0.375 e. The molecule has 3 amide bonds. The third kappa shape index (κ3) is 6.59. The zero-order valence-electron chi connectivity index (χ0n) is 16.9. The van der Waals surface area contributed by atoms with Crippen LogP contribution in [0.3, 0.4) is 0 Å². The van der Waals surface area contributed by atoms with Crippen molar-refractivity contribution >= 4 is 17.7 Å². The van der Waals surface area contributed by atoms with E-state index < -0.39 is 6.04 Å². The summed E-state index contributed by atoms with van der Waals surface area (Å²) in [5, 5.41) is 2.98. The van der Waals surface area contributed by atoms with E-state index in [9.17, 15) is 14.4 Å². The molecule has 1 saturated heterocycles. The fraction of sp³-hybridized carbons (Fsp3) is 0.842. The molecule has 0 unspecified atom stereocenters.